The molecule has 4 aromatic rings. The number of likely N-dealkylation sites (tertiary alicyclic amines) is 1. The normalized spacial score (nSPS) is 16.4. The minimum atomic E-state index is 0.0147. The van der Waals surface area contributed by atoms with Crippen molar-refractivity contribution in [2.45, 2.75) is 40.2 Å². The molecule has 5 nitrogen and oxygen atoms in total. The SMILES string of the molecule is COc1ccccc1-c1nc2ccc(-c3ccc(C)cc3)cc2c(=O)n1C[C@@H]1CCCN(CC(C)C)C1. The van der Waals surface area contributed by atoms with Crippen molar-refractivity contribution in [1.82, 2.24) is 14.5 Å². The van der Waals surface area contributed by atoms with Gasteiger partial charge in [0.1, 0.15) is 11.6 Å². The van der Waals surface area contributed by atoms with Crippen molar-refractivity contribution in [3.05, 3.63) is 82.6 Å². The third-order valence-electron chi connectivity index (χ3n) is 7.35. The first kappa shape index (κ1) is 25.2. The predicted octanol–water partition coefficient (Wildman–Crippen LogP) is 6.42. The maximum absolute atomic E-state index is 14.2. The zero-order valence-corrected chi connectivity index (χ0v) is 22.4. The Hall–Kier alpha value is -3.44. The lowest BCUT2D eigenvalue weighted by Gasteiger charge is -2.34. The average Bonchev–Trinajstić information content (AvgIpc) is 2.90. The number of rotatable bonds is 7. The lowest BCUT2D eigenvalue weighted by atomic mass is 9.96. The zero-order chi connectivity index (χ0) is 25.9. The number of aromatic nitrogens is 2. The maximum atomic E-state index is 14.2. The highest BCUT2D eigenvalue weighted by atomic mass is 16.5. The van der Waals surface area contributed by atoms with Crippen molar-refractivity contribution in [2.24, 2.45) is 11.8 Å². The highest BCUT2D eigenvalue weighted by Crippen LogP contribution is 2.31. The Morgan fingerprint density at radius 2 is 1.78 bits per heavy atom. The van der Waals surface area contributed by atoms with Gasteiger partial charge < -0.3 is 9.64 Å². The number of hydrogen-bond donors (Lipinski definition) is 0. The van der Waals surface area contributed by atoms with E-state index in [1.54, 1.807) is 7.11 Å². The molecule has 0 bridgehead atoms. The zero-order valence-electron chi connectivity index (χ0n) is 22.4. The van der Waals surface area contributed by atoms with Crippen LogP contribution in [0, 0.1) is 18.8 Å². The van der Waals surface area contributed by atoms with Crippen molar-refractivity contribution in [3.8, 4) is 28.3 Å². The number of ether oxygens (including phenoxy) is 1. The van der Waals surface area contributed by atoms with Crippen LogP contribution in [-0.2, 0) is 6.54 Å². The van der Waals surface area contributed by atoms with Gasteiger partial charge in [-0.3, -0.25) is 9.36 Å². The number of aryl methyl sites for hydroxylation is 1. The second kappa shape index (κ2) is 10.9. The van der Waals surface area contributed by atoms with E-state index in [1.165, 1.54) is 5.56 Å². The van der Waals surface area contributed by atoms with Gasteiger partial charge in [0, 0.05) is 19.6 Å². The molecule has 0 amide bonds. The van der Waals surface area contributed by atoms with Crippen LogP contribution in [0.3, 0.4) is 0 Å². The van der Waals surface area contributed by atoms with Gasteiger partial charge in [0.25, 0.3) is 5.56 Å². The summed E-state index contributed by atoms with van der Waals surface area (Å²) in [5.74, 6) is 2.44. The van der Waals surface area contributed by atoms with E-state index in [9.17, 15) is 4.79 Å². The van der Waals surface area contributed by atoms with E-state index in [0.29, 0.717) is 35.1 Å². The second-order valence-corrected chi connectivity index (χ2v) is 10.8. The van der Waals surface area contributed by atoms with Gasteiger partial charge in [-0.05, 0) is 73.5 Å². The molecule has 37 heavy (non-hydrogen) atoms. The van der Waals surface area contributed by atoms with E-state index >= 15 is 0 Å². The Morgan fingerprint density at radius 3 is 2.54 bits per heavy atom. The molecule has 1 saturated heterocycles. The molecule has 1 aromatic heterocycles. The fourth-order valence-electron chi connectivity index (χ4n) is 5.59. The van der Waals surface area contributed by atoms with Gasteiger partial charge >= 0.3 is 0 Å². The van der Waals surface area contributed by atoms with Gasteiger partial charge in [-0.15, -0.1) is 0 Å². The van der Waals surface area contributed by atoms with Gasteiger partial charge in [0.2, 0.25) is 0 Å². The molecule has 2 heterocycles. The van der Waals surface area contributed by atoms with E-state index in [1.807, 2.05) is 41.0 Å². The van der Waals surface area contributed by atoms with Crippen LogP contribution in [-0.4, -0.2) is 41.2 Å². The van der Waals surface area contributed by atoms with Crippen LogP contribution in [0.25, 0.3) is 33.4 Å². The molecule has 0 aliphatic carbocycles. The average molecular weight is 496 g/mol. The summed E-state index contributed by atoms with van der Waals surface area (Å²) in [6, 6.07) is 22.3. The maximum Gasteiger partial charge on any atom is 0.261 e. The molecule has 1 fully saturated rings. The van der Waals surface area contributed by atoms with E-state index in [-0.39, 0.29) is 5.56 Å². The van der Waals surface area contributed by atoms with Crippen molar-refractivity contribution in [3.63, 3.8) is 0 Å². The fourth-order valence-corrected chi connectivity index (χ4v) is 5.59. The van der Waals surface area contributed by atoms with Gasteiger partial charge in [0.05, 0.1) is 23.6 Å². The summed E-state index contributed by atoms with van der Waals surface area (Å²) in [6.45, 7) is 10.5. The predicted molar refractivity (Wildman–Crippen MR) is 152 cm³/mol. The fraction of sp³-hybridized carbons (Fsp3) is 0.375. The molecule has 192 valence electrons. The summed E-state index contributed by atoms with van der Waals surface area (Å²) in [5, 5.41) is 0.659. The van der Waals surface area contributed by atoms with E-state index in [2.05, 4.69) is 56.0 Å². The molecule has 0 spiro atoms. The molecule has 1 atom stereocenters. The monoisotopic (exact) mass is 495 g/mol. The Bertz CT molecular complexity index is 1440. The van der Waals surface area contributed by atoms with Crippen molar-refractivity contribution in [1.29, 1.82) is 0 Å². The molecule has 0 unspecified atom stereocenters. The largest absolute Gasteiger partial charge is 0.496 e. The highest BCUT2D eigenvalue weighted by Gasteiger charge is 2.24. The van der Waals surface area contributed by atoms with Crippen LogP contribution in [0.2, 0.25) is 0 Å². The number of nitrogens with zero attached hydrogens (tertiary/aromatic N) is 3. The molecule has 1 aliphatic rings. The first-order chi connectivity index (χ1) is 17.9. The van der Waals surface area contributed by atoms with Gasteiger partial charge in [-0.2, -0.15) is 0 Å². The molecule has 0 saturated carbocycles. The minimum Gasteiger partial charge on any atom is -0.496 e. The number of methoxy groups -OCH3 is 1. The van der Waals surface area contributed by atoms with Crippen LogP contribution >= 0.6 is 0 Å². The third-order valence-corrected chi connectivity index (χ3v) is 7.35. The van der Waals surface area contributed by atoms with Crippen molar-refractivity contribution in [2.75, 3.05) is 26.7 Å². The van der Waals surface area contributed by atoms with Crippen LogP contribution < -0.4 is 10.3 Å². The molecule has 1 aliphatic heterocycles. The first-order valence-electron chi connectivity index (χ1n) is 13.4. The Kier molecular flexibility index (Phi) is 7.43. The summed E-state index contributed by atoms with van der Waals surface area (Å²) >= 11 is 0. The summed E-state index contributed by atoms with van der Waals surface area (Å²) in [6.07, 6.45) is 2.28. The molecule has 5 heteroatoms. The molecule has 0 radical (unpaired) electrons. The third kappa shape index (κ3) is 5.47. The molecule has 5 rings (SSSR count). The quantitative estimate of drug-likeness (QED) is 0.297. The number of benzene rings is 3. The first-order valence-corrected chi connectivity index (χ1v) is 13.4. The molecular formula is C32H37N3O2. The van der Waals surface area contributed by atoms with E-state index in [4.69, 9.17) is 9.72 Å². The Morgan fingerprint density at radius 1 is 1.03 bits per heavy atom. The van der Waals surface area contributed by atoms with Crippen molar-refractivity contribution < 1.29 is 4.74 Å². The number of fused-ring (bicyclic) bond motifs is 1. The second-order valence-electron chi connectivity index (χ2n) is 10.8. The topological polar surface area (TPSA) is 47.4 Å². The summed E-state index contributed by atoms with van der Waals surface area (Å²) < 4.78 is 7.59. The Balaban J connectivity index is 1.62. The van der Waals surface area contributed by atoms with Gasteiger partial charge in [0.15, 0.2) is 0 Å². The van der Waals surface area contributed by atoms with Crippen LogP contribution in [0.4, 0.5) is 0 Å². The minimum absolute atomic E-state index is 0.0147. The lowest BCUT2D eigenvalue weighted by molar-refractivity contribution is 0.148. The summed E-state index contributed by atoms with van der Waals surface area (Å²) in [5.41, 5.74) is 4.92. The number of piperidine rings is 1. The highest BCUT2D eigenvalue weighted by molar-refractivity contribution is 5.85. The van der Waals surface area contributed by atoms with E-state index in [0.717, 1.165) is 54.9 Å². The van der Waals surface area contributed by atoms with Crippen LogP contribution in [0.15, 0.2) is 71.5 Å². The lowest BCUT2D eigenvalue weighted by Crippen LogP contribution is -2.40. The van der Waals surface area contributed by atoms with Crippen LogP contribution in [0.5, 0.6) is 5.75 Å². The smallest absolute Gasteiger partial charge is 0.261 e. The van der Waals surface area contributed by atoms with Crippen molar-refractivity contribution >= 4 is 10.9 Å². The van der Waals surface area contributed by atoms with Gasteiger partial charge in [-0.1, -0.05) is 61.9 Å². The van der Waals surface area contributed by atoms with Gasteiger partial charge in [-0.25, -0.2) is 4.98 Å². The standard InChI is InChI=1S/C32H37N3O2/c1-22(2)19-34-17-7-8-24(20-34)21-35-31(27-9-5-6-10-30(27)37-4)33-29-16-15-26(18-28(29)32(35)36)25-13-11-23(3)12-14-25/h5-6,9-16,18,22,24H,7-8,17,19-21H2,1-4H3/t24-/m1/s1. The molecule has 3 aromatic carbocycles. The van der Waals surface area contributed by atoms with E-state index < -0.39 is 0 Å². The van der Waals surface area contributed by atoms with Crippen LogP contribution in [0.1, 0.15) is 32.3 Å². The number of hydrogen-bond acceptors (Lipinski definition) is 4. The summed E-state index contributed by atoms with van der Waals surface area (Å²) in [7, 11) is 1.67. The number of para-hydroxylation sites is 1. The molecule has 0 N–H and O–H groups in total. The Labute approximate surface area is 219 Å². The summed E-state index contributed by atoms with van der Waals surface area (Å²) in [4.78, 5) is 21.8. The molecular weight excluding hydrogens is 458 g/mol.